The predicted molar refractivity (Wildman–Crippen MR) is 94.8 cm³/mol. The van der Waals surface area contributed by atoms with Crippen LogP contribution in [0, 0.1) is 5.82 Å². The molecule has 0 radical (unpaired) electrons. The molecule has 1 amide bonds. The smallest absolute Gasteiger partial charge is 0.273 e. The lowest BCUT2D eigenvalue weighted by Crippen LogP contribution is -2.25. The summed E-state index contributed by atoms with van der Waals surface area (Å²) >= 11 is 0. The van der Waals surface area contributed by atoms with E-state index >= 15 is 0 Å². The quantitative estimate of drug-likeness (QED) is 0.712. The zero-order valence-electron chi connectivity index (χ0n) is 13.9. The number of aromatic nitrogens is 2. The minimum Gasteiger partial charge on any atom is -0.489 e. The Labute approximate surface area is 149 Å². The molecular formula is C19H17FN4O2. The Morgan fingerprint density at radius 3 is 2.58 bits per heavy atom. The predicted octanol–water partition coefficient (Wildman–Crippen LogP) is 2.71. The van der Waals surface area contributed by atoms with E-state index < -0.39 is 0 Å². The molecule has 0 spiro atoms. The van der Waals surface area contributed by atoms with Crippen molar-refractivity contribution in [1.82, 2.24) is 15.3 Å². The second kappa shape index (κ2) is 8.06. The fourth-order valence-electron chi connectivity index (χ4n) is 2.29. The zero-order chi connectivity index (χ0) is 18.4. The Morgan fingerprint density at radius 2 is 1.85 bits per heavy atom. The third-order valence-corrected chi connectivity index (χ3v) is 3.61. The van der Waals surface area contributed by atoms with E-state index in [1.807, 2.05) is 12.1 Å². The van der Waals surface area contributed by atoms with Crippen molar-refractivity contribution in [2.75, 3.05) is 5.73 Å². The number of amides is 1. The van der Waals surface area contributed by atoms with Gasteiger partial charge in [0.2, 0.25) is 0 Å². The number of nitrogens with zero attached hydrogens (tertiary/aromatic N) is 2. The molecule has 3 N–H and O–H groups in total. The molecule has 1 heterocycles. The topological polar surface area (TPSA) is 90.1 Å². The lowest BCUT2D eigenvalue weighted by Gasteiger charge is -2.09. The summed E-state index contributed by atoms with van der Waals surface area (Å²) in [5, 5.41) is 2.74. The van der Waals surface area contributed by atoms with Crippen LogP contribution in [0.5, 0.6) is 5.75 Å². The molecule has 0 aliphatic rings. The lowest BCUT2D eigenvalue weighted by atomic mass is 10.2. The Morgan fingerprint density at radius 1 is 1.08 bits per heavy atom. The number of halogens is 1. The second-order valence-electron chi connectivity index (χ2n) is 5.54. The highest BCUT2D eigenvalue weighted by Crippen LogP contribution is 2.15. The molecule has 0 atom stereocenters. The molecule has 0 fully saturated rings. The average Bonchev–Trinajstić information content (AvgIpc) is 2.66. The van der Waals surface area contributed by atoms with Gasteiger partial charge in [0.15, 0.2) is 11.5 Å². The van der Waals surface area contributed by atoms with Gasteiger partial charge in [-0.1, -0.05) is 24.3 Å². The summed E-state index contributed by atoms with van der Waals surface area (Å²) in [5.41, 5.74) is 7.37. The average molecular weight is 352 g/mol. The molecule has 0 unspecified atom stereocenters. The number of hydrogen-bond donors (Lipinski definition) is 2. The van der Waals surface area contributed by atoms with Crippen LogP contribution in [-0.4, -0.2) is 15.9 Å². The van der Waals surface area contributed by atoms with Crippen LogP contribution in [0.4, 0.5) is 10.2 Å². The number of rotatable bonds is 6. The third-order valence-electron chi connectivity index (χ3n) is 3.61. The summed E-state index contributed by atoms with van der Waals surface area (Å²) in [6.45, 7) is 0.596. The van der Waals surface area contributed by atoms with Crippen LogP contribution >= 0.6 is 0 Å². The first-order valence-corrected chi connectivity index (χ1v) is 7.92. The molecule has 26 heavy (non-hydrogen) atoms. The Kier molecular flexibility index (Phi) is 5.38. The van der Waals surface area contributed by atoms with E-state index in [9.17, 15) is 9.18 Å². The first-order chi connectivity index (χ1) is 12.6. The molecule has 0 aliphatic heterocycles. The van der Waals surface area contributed by atoms with Crippen molar-refractivity contribution in [3.05, 3.63) is 83.6 Å². The molecule has 1 aromatic heterocycles. The van der Waals surface area contributed by atoms with Gasteiger partial charge in [-0.25, -0.2) is 14.4 Å². The van der Waals surface area contributed by atoms with Gasteiger partial charge in [-0.3, -0.25) is 4.79 Å². The molecule has 6 nitrogen and oxygen atoms in total. The summed E-state index contributed by atoms with van der Waals surface area (Å²) in [5.74, 6) is 0.0663. The van der Waals surface area contributed by atoms with E-state index in [1.54, 1.807) is 24.3 Å². The van der Waals surface area contributed by atoms with Crippen molar-refractivity contribution < 1.29 is 13.9 Å². The maximum absolute atomic E-state index is 13.1. The van der Waals surface area contributed by atoms with Crippen molar-refractivity contribution in [1.29, 1.82) is 0 Å². The van der Waals surface area contributed by atoms with E-state index in [4.69, 9.17) is 10.5 Å². The number of benzene rings is 2. The van der Waals surface area contributed by atoms with Gasteiger partial charge >= 0.3 is 0 Å². The van der Waals surface area contributed by atoms with Crippen LogP contribution < -0.4 is 15.8 Å². The van der Waals surface area contributed by atoms with Crippen LogP contribution in [0.3, 0.4) is 0 Å². The Bertz CT molecular complexity index is 900. The van der Waals surface area contributed by atoms with Crippen LogP contribution in [0.2, 0.25) is 0 Å². The number of nitrogens with two attached hydrogens (primary N) is 1. The van der Waals surface area contributed by atoms with E-state index in [2.05, 4.69) is 15.3 Å². The van der Waals surface area contributed by atoms with E-state index in [1.165, 1.54) is 24.5 Å². The van der Waals surface area contributed by atoms with Gasteiger partial charge in [-0.15, -0.1) is 0 Å². The van der Waals surface area contributed by atoms with E-state index in [0.29, 0.717) is 12.3 Å². The van der Waals surface area contributed by atoms with Crippen molar-refractivity contribution >= 4 is 11.7 Å². The molecule has 3 rings (SSSR count). The van der Waals surface area contributed by atoms with Gasteiger partial charge in [0, 0.05) is 18.9 Å². The number of nitrogen functional groups attached to an aromatic ring is 1. The van der Waals surface area contributed by atoms with Crippen molar-refractivity contribution in [2.24, 2.45) is 0 Å². The highest BCUT2D eigenvalue weighted by atomic mass is 19.1. The minimum atomic E-state index is -0.387. The van der Waals surface area contributed by atoms with Gasteiger partial charge in [-0.05, 0) is 35.4 Å². The first-order valence-electron chi connectivity index (χ1n) is 7.92. The summed E-state index contributed by atoms with van der Waals surface area (Å²) in [6.07, 6.45) is 2.84. The number of carbonyl (C=O) groups is 1. The first kappa shape index (κ1) is 17.3. The molecule has 2 aromatic carbocycles. The fourth-order valence-corrected chi connectivity index (χ4v) is 2.29. The van der Waals surface area contributed by atoms with Crippen LogP contribution in [0.1, 0.15) is 21.6 Å². The molecule has 0 aliphatic carbocycles. The molecule has 0 saturated carbocycles. The van der Waals surface area contributed by atoms with Crippen molar-refractivity contribution in [3.63, 3.8) is 0 Å². The summed E-state index contributed by atoms with van der Waals surface area (Å²) in [4.78, 5) is 19.8. The maximum Gasteiger partial charge on any atom is 0.273 e. The van der Waals surface area contributed by atoms with Crippen LogP contribution in [0.15, 0.2) is 60.9 Å². The second-order valence-corrected chi connectivity index (χ2v) is 5.54. The molecule has 132 valence electrons. The van der Waals surface area contributed by atoms with Gasteiger partial charge < -0.3 is 15.8 Å². The van der Waals surface area contributed by atoms with Gasteiger partial charge in [-0.2, -0.15) is 0 Å². The molecule has 7 heteroatoms. The fraction of sp³-hybridized carbons (Fsp3) is 0.105. The standard InChI is InChI=1S/C19H17FN4O2/c20-15-3-1-2-14(10-15)12-26-16-6-4-13(5-7-16)11-24-19(25)17-18(21)23-9-8-22-17/h1-10H,11-12H2,(H2,21,23)(H,24,25). The number of ether oxygens (including phenoxy) is 1. The maximum atomic E-state index is 13.1. The van der Waals surface area contributed by atoms with Gasteiger partial charge in [0.1, 0.15) is 18.2 Å². The highest BCUT2D eigenvalue weighted by molar-refractivity contribution is 5.96. The van der Waals surface area contributed by atoms with Crippen LogP contribution in [-0.2, 0) is 13.2 Å². The van der Waals surface area contributed by atoms with Crippen molar-refractivity contribution in [3.8, 4) is 5.75 Å². The lowest BCUT2D eigenvalue weighted by molar-refractivity contribution is 0.0946. The largest absolute Gasteiger partial charge is 0.489 e. The van der Waals surface area contributed by atoms with E-state index in [0.717, 1.165) is 11.1 Å². The van der Waals surface area contributed by atoms with Gasteiger partial charge in [0.05, 0.1) is 0 Å². The van der Waals surface area contributed by atoms with E-state index in [-0.39, 0.29) is 29.8 Å². The Hall–Kier alpha value is -3.48. The van der Waals surface area contributed by atoms with Crippen LogP contribution in [0.25, 0.3) is 0 Å². The van der Waals surface area contributed by atoms with Gasteiger partial charge in [0.25, 0.3) is 5.91 Å². The highest BCUT2D eigenvalue weighted by Gasteiger charge is 2.11. The summed E-state index contributed by atoms with van der Waals surface area (Å²) < 4.78 is 18.8. The molecule has 3 aromatic rings. The van der Waals surface area contributed by atoms with Crippen molar-refractivity contribution in [2.45, 2.75) is 13.2 Å². The molecule has 0 saturated heterocycles. The number of anilines is 1. The summed E-state index contributed by atoms with van der Waals surface area (Å²) in [6, 6.07) is 13.5. The molecular weight excluding hydrogens is 335 g/mol. The zero-order valence-corrected chi connectivity index (χ0v) is 13.9. The number of nitrogens with one attached hydrogen (secondary N) is 1. The number of hydrogen-bond acceptors (Lipinski definition) is 5. The summed E-state index contributed by atoms with van der Waals surface area (Å²) in [7, 11) is 0. The molecule has 0 bridgehead atoms. The minimum absolute atomic E-state index is 0.0890. The third kappa shape index (κ3) is 4.54. The number of carbonyl (C=O) groups excluding carboxylic acids is 1. The Balaban J connectivity index is 1.53. The normalized spacial score (nSPS) is 10.3. The SMILES string of the molecule is Nc1nccnc1C(=O)NCc1ccc(OCc2cccc(F)c2)cc1. The monoisotopic (exact) mass is 352 g/mol.